The molecule has 0 aliphatic carbocycles. The summed E-state index contributed by atoms with van der Waals surface area (Å²) < 4.78 is 12.2. The van der Waals surface area contributed by atoms with E-state index in [0.717, 1.165) is 50.9 Å². The molecule has 0 bridgehead atoms. The lowest BCUT2D eigenvalue weighted by Gasteiger charge is -2.34. The lowest BCUT2D eigenvalue weighted by atomic mass is 10.1. The largest absolute Gasteiger partial charge is 0.490 e. The second-order valence-electron chi connectivity index (χ2n) is 11.3. The summed E-state index contributed by atoms with van der Waals surface area (Å²) in [6.07, 6.45) is 6.75. The van der Waals surface area contributed by atoms with Gasteiger partial charge in [0, 0.05) is 49.5 Å². The molecular formula is C33H44N6O5S. The fraction of sp³-hybridized carbons (Fsp3) is 0.455. The number of benzene rings is 2. The first kappa shape index (κ1) is 33.7. The average Bonchev–Trinajstić information content (AvgIpc) is 3.47. The predicted molar refractivity (Wildman–Crippen MR) is 178 cm³/mol. The van der Waals surface area contributed by atoms with Crippen LogP contribution in [0.3, 0.4) is 0 Å². The second-order valence-corrected chi connectivity index (χ2v) is 12.3. The molecule has 0 saturated carbocycles. The summed E-state index contributed by atoms with van der Waals surface area (Å²) in [6.45, 7) is 9.18. The first-order valence-corrected chi connectivity index (χ1v) is 16.4. The van der Waals surface area contributed by atoms with E-state index in [1.54, 1.807) is 37.4 Å². The Morgan fingerprint density at radius 2 is 1.80 bits per heavy atom. The molecule has 1 saturated heterocycles. The zero-order valence-electron chi connectivity index (χ0n) is 26.5. The molecule has 242 valence electrons. The highest BCUT2D eigenvalue weighted by Gasteiger charge is 2.22. The molecule has 11 nitrogen and oxygen atoms in total. The van der Waals surface area contributed by atoms with Crippen LogP contribution in [0.25, 0.3) is 0 Å². The maximum Gasteiger partial charge on any atom is 0.319 e. The fourth-order valence-corrected chi connectivity index (χ4v) is 5.61. The SMILES string of the molecule is CCCCCNC(=O)Nc1ccc(Oc2cnc(NC(=O)c3ccc(OC4CCN(C(C)C)CC4)cc3)s2)c(CC(=O)NC)c1. The number of thiazole rings is 1. The molecule has 12 heteroatoms. The van der Waals surface area contributed by atoms with Crippen LogP contribution in [0.15, 0.2) is 48.7 Å². The molecule has 4 amide bonds. The Hall–Kier alpha value is -4.16. The Bertz CT molecular complexity index is 1420. The van der Waals surface area contributed by atoms with E-state index in [1.165, 1.54) is 17.5 Å². The number of hydrogen-bond donors (Lipinski definition) is 4. The van der Waals surface area contributed by atoms with Gasteiger partial charge in [0.1, 0.15) is 17.6 Å². The molecule has 1 aromatic heterocycles. The van der Waals surface area contributed by atoms with Gasteiger partial charge in [0.05, 0.1) is 12.6 Å². The summed E-state index contributed by atoms with van der Waals surface area (Å²) in [7, 11) is 1.56. The van der Waals surface area contributed by atoms with Crippen molar-refractivity contribution < 1.29 is 23.9 Å². The van der Waals surface area contributed by atoms with Crippen molar-refractivity contribution in [2.24, 2.45) is 0 Å². The lowest BCUT2D eigenvalue weighted by molar-refractivity contribution is -0.119. The molecule has 2 heterocycles. The van der Waals surface area contributed by atoms with Gasteiger partial charge in [-0.15, -0.1) is 0 Å². The number of nitrogens with one attached hydrogen (secondary N) is 4. The van der Waals surface area contributed by atoms with E-state index in [1.807, 2.05) is 12.1 Å². The third kappa shape index (κ3) is 10.5. The molecule has 3 aromatic rings. The first-order valence-electron chi connectivity index (χ1n) is 15.6. The minimum Gasteiger partial charge on any atom is -0.490 e. The third-order valence-corrected chi connectivity index (χ3v) is 8.35. The van der Waals surface area contributed by atoms with Crippen molar-refractivity contribution in [1.29, 1.82) is 0 Å². The normalized spacial score (nSPS) is 13.7. The summed E-state index contributed by atoms with van der Waals surface area (Å²) in [5.41, 5.74) is 1.62. The van der Waals surface area contributed by atoms with Crippen molar-refractivity contribution in [2.45, 2.75) is 71.4 Å². The van der Waals surface area contributed by atoms with E-state index >= 15 is 0 Å². The minimum absolute atomic E-state index is 0.0543. The number of unbranched alkanes of at least 4 members (excludes halogenated alkanes) is 2. The number of urea groups is 1. The molecule has 0 spiro atoms. The van der Waals surface area contributed by atoms with Crippen molar-refractivity contribution in [2.75, 3.05) is 37.3 Å². The van der Waals surface area contributed by atoms with Crippen LogP contribution in [0.1, 0.15) is 68.8 Å². The predicted octanol–water partition coefficient (Wildman–Crippen LogP) is 6.04. The maximum absolute atomic E-state index is 12.9. The number of ether oxygens (including phenoxy) is 2. The molecule has 4 N–H and O–H groups in total. The minimum atomic E-state index is -0.307. The highest BCUT2D eigenvalue weighted by atomic mass is 32.1. The standard InChI is InChI=1S/C33H44N6O5S/c1-5-6-7-16-35-32(42)37-25-10-13-28(24(19-25)20-29(40)34-4)44-30-21-36-33(45-30)38-31(41)23-8-11-26(12-9-23)43-27-14-17-39(18-15-27)22(2)3/h8-13,19,21-22,27H,5-7,14-18,20H2,1-4H3,(H,34,40)(H2,35,37,42)(H,36,38,41). The Morgan fingerprint density at radius 3 is 2.49 bits per heavy atom. The molecule has 1 aliphatic heterocycles. The highest BCUT2D eigenvalue weighted by molar-refractivity contribution is 7.17. The number of anilines is 2. The van der Waals surface area contributed by atoms with Gasteiger partial charge >= 0.3 is 6.03 Å². The van der Waals surface area contributed by atoms with Crippen LogP contribution in [-0.2, 0) is 11.2 Å². The number of amides is 4. The number of carbonyl (C=O) groups is 3. The smallest absolute Gasteiger partial charge is 0.319 e. The molecule has 1 aliphatic rings. The van der Waals surface area contributed by atoms with Crippen LogP contribution < -0.4 is 30.7 Å². The molecule has 0 radical (unpaired) electrons. The molecule has 4 rings (SSSR count). The number of rotatable bonds is 14. The first-order chi connectivity index (χ1) is 21.7. The number of piperidine rings is 1. The van der Waals surface area contributed by atoms with E-state index in [9.17, 15) is 14.4 Å². The fourth-order valence-electron chi connectivity index (χ4n) is 4.94. The number of likely N-dealkylation sites (tertiary alicyclic amines) is 1. The summed E-state index contributed by atoms with van der Waals surface area (Å²) >= 11 is 1.17. The molecule has 45 heavy (non-hydrogen) atoms. The van der Waals surface area contributed by atoms with Crippen molar-refractivity contribution in [1.82, 2.24) is 20.5 Å². The monoisotopic (exact) mass is 636 g/mol. The Balaban J connectivity index is 1.33. The molecule has 2 aromatic carbocycles. The average molecular weight is 637 g/mol. The Morgan fingerprint density at radius 1 is 1.04 bits per heavy atom. The quantitative estimate of drug-likeness (QED) is 0.159. The van der Waals surface area contributed by atoms with Crippen molar-refractivity contribution >= 4 is 40.0 Å². The van der Waals surface area contributed by atoms with Gasteiger partial charge in [-0.2, -0.15) is 0 Å². The van der Waals surface area contributed by atoms with E-state index in [2.05, 4.69) is 51.9 Å². The molecular weight excluding hydrogens is 592 g/mol. The summed E-state index contributed by atoms with van der Waals surface area (Å²) in [4.78, 5) is 44.1. The second kappa shape index (κ2) is 16.8. The van der Waals surface area contributed by atoms with Gasteiger partial charge in [0.25, 0.3) is 5.91 Å². The zero-order valence-corrected chi connectivity index (χ0v) is 27.3. The summed E-state index contributed by atoms with van der Waals surface area (Å²) in [5.74, 6) is 0.697. The van der Waals surface area contributed by atoms with Crippen molar-refractivity contribution in [3.8, 4) is 16.6 Å². The molecule has 1 fully saturated rings. The summed E-state index contributed by atoms with van der Waals surface area (Å²) in [5, 5.41) is 11.9. The van der Waals surface area contributed by atoms with Gasteiger partial charge in [-0.25, -0.2) is 9.78 Å². The third-order valence-electron chi connectivity index (χ3n) is 7.56. The number of aromatic nitrogens is 1. The van der Waals surface area contributed by atoms with E-state index in [-0.39, 0.29) is 30.4 Å². The lowest BCUT2D eigenvalue weighted by Crippen LogP contribution is -2.41. The van der Waals surface area contributed by atoms with Gasteiger partial charge < -0.3 is 30.3 Å². The van der Waals surface area contributed by atoms with Crippen LogP contribution >= 0.6 is 11.3 Å². The van der Waals surface area contributed by atoms with Gasteiger partial charge in [-0.05, 0) is 75.6 Å². The van der Waals surface area contributed by atoms with E-state index in [4.69, 9.17) is 9.47 Å². The van der Waals surface area contributed by atoms with Crippen LogP contribution in [0, 0.1) is 0 Å². The Labute approximate surface area is 269 Å². The van der Waals surface area contributed by atoms with Crippen LogP contribution in [0.4, 0.5) is 15.6 Å². The maximum atomic E-state index is 12.9. The topological polar surface area (TPSA) is 134 Å². The van der Waals surface area contributed by atoms with Gasteiger partial charge in [0.15, 0.2) is 5.13 Å². The number of hydrogen-bond acceptors (Lipinski definition) is 8. The summed E-state index contributed by atoms with van der Waals surface area (Å²) in [6, 6.07) is 12.5. The zero-order chi connectivity index (χ0) is 32.2. The number of likely N-dealkylation sites (N-methyl/N-ethyl adjacent to an activating group) is 1. The molecule has 0 atom stereocenters. The van der Waals surface area contributed by atoms with Crippen molar-refractivity contribution in [3.63, 3.8) is 0 Å². The van der Waals surface area contributed by atoms with E-state index in [0.29, 0.717) is 45.3 Å². The van der Waals surface area contributed by atoms with E-state index < -0.39 is 0 Å². The molecule has 0 unspecified atom stereocenters. The van der Waals surface area contributed by atoms with Gasteiger partial charge in [-0.1, -0.05) is 31.1 Å². The van der Waals surface area contributed by atoms with Crippen LogP contribution in [-0.4, -0.2) is 66.6 Å². The number of nitrogens with zero attached hydrogens (tertiary/aromatic N) is 2. The van der Waals surface area contributed by atoms with Crippen LogP contribution in [0.5, 0.6) is 16.6 Å². The highest BCUT2D eigenvalue weighted by Crippen LogP contribution is 2.34. The van der Waals surface area contributed by atoms with Crippen molar-refractivity contribution in [3.05, 3.63) is 59.8 Å². The van der Waals surface area contributed by atoms with Crippen LogP contribution in [0.2, 0.25) is 0 Å². The number of carbonyl (C=O) groups excluding carboxylic acids is 3. The Kier molecular flexibility index (Phi) is 12.6. The van der Waals surface area contributed by atoms with Gasteiger partial charge in [0.2, 0.25) is 11.0 Å². The van der Waals surface area contributed by atoms with Gasteiger partial charge in [-0.3, -0.25) is 14.9 Å².